The van der Waals surface area contributed by atoms with E-state index in [0.717, 1.165) is 51.4 Å². The summed E-state index contributed by atoms with van der Waals surface area (Å²) in [6.07, 6.45) is 90.6. The smallest absolute Gasteiger partial charge is 0.305 e. The first kappa shape index (κ1) is 79.1. The highest BCUT2D eigenvalue weighted by molar-refractivity contribution is 5.76. The number of allylic oxidation sites excluding steroid dienone is 6. The van der Waals surface area contributed by atoms with Gasteiger partial charge >= 0.3 is 5.97 Å². The van der Waals surface area contributed by atoms with Gasteiger partial charge in [-0.15, -0.1) is 0 Å². The van der Waals surface area contributed by atoms with Gasteiger partial charge in [0.2, 0.25) is 5.91 Å². The zero-order chi connectivity index (χ0) is 58.5. The molecular weight excluding hydrogens is 995 g/mol. The van der Waals surface area contributed by atoms with Gasteiger partial charge in [0.1, 0.15) is 0 Å². The zero-order valence-corrected chi connectivity index (χ0v) is 54.8. The number of hydrogen-bond acceptors (Lipinski definition) is 5. The first-order chi connectivity index (χ1) is 40.0. The van der Waals surface area contributed by atoms with E-state index in [1.54, 1.807) is 0 Å². The molecule has 6 nitrogen and oxygen atoms in total. The SMILES string of the molecule is CCCCCC/C=C\CCCCCCCC(=O)OCCCCCCCCCCC/C=C\C/C=C\CCCCCCCCCCCCCC(=O)NC(CO)C(O)CCCCCCCCCCCCCCCCCCCCCCCCCC. The van der Waals surface area contributed by atoms with Gasteiger partial charge in [-0.1, -0.05) is 346 Å². The Balaban J connectivity index is 3.42. The van der Waals surface area contributed by atoms with E-state index in [9.17, 15) is 19.8 Å². The van der Waals surface area contributed by atoms with Gasteiger partial charge in [0.25, 0.3) is 0 Å². The van der Waals surface area contributed by atoms with E-state index in [4.69, 9.17) is 4.74 Å². The van der Waals surface area contributed by atoms with Crippen LogP contribution in [0.3, 0.4) is 0 Å². The van der Waals surface area contributed by atoms with Crippen molar-refractivity contribution in [2.75, 3.05) is 13.2 Å². The van der Waals surface area contributed by atoms with Crippen molar-refractivity contribution in [2.24, 2.45) is 0 Å². The fourth-order valence-electron chi connectivity index (χ4n) is 11.6. The predicted octanol–water partition coefficient (Wildman–Crippen LogP) is 23.9. The maximum absolute atomic E-state index is 12.6. The number of rotatable bonds is 69. The van der Waals surface area contributed by atoms with Gasteiger partial charge in [0.15, 0.2) is 0 Å². The molecule has 0 bridgehead atoms. The molecule has 0 aromatic carbocycles. The van der Waals surface area contributed by atoms with Crippen molar-refractivity contribution in [2.45, 2.75) is 418 Å². The van der Waals surface area contributed by atoms with Gasteiger partial charge in [0, 0.05) is 12.8 Å². The molecule has 0 fully saturated rings. The number of amides is 1. The normalized spacial score (nSPS) is 12.7. The molecule has 0 radical (unpaired) electrons. The molecule has 2 atom stereocenters. The number of carbonyl (C=O) groups excluding carboxylic acids is 2. The van der Waals surface area contributed by atoms with E-state index < -0.39 is 12.1 Å². The summed E-state index contributed by atoms with van der Waals surface area (Å²) in [6, 6.07) is -0.546. The van der Waals surface area contributed by atoms with Crippen LogP contribution in [0.2, 0.25) is 0 Å². The van der Waals surface area contributed by atoms with Crippen LogP contribution in [0.4, 0.5) is 0 Å². The first-order valence-corrected chi connectivity index (χ1v) is 36.7. The maximum atomic E-state index is 12.6. The highest BCUT2D eigenvalue weighted by atomic mass is 16.5. The quantitative estimate of drug-likeness (QED) is 0.0320. The van der Waals surface area contributed by atoms with Crippen LogP contribution in [0.1, 0.15) is 406 Å². The molecule has 3 N–H and O–H groups in total. The predicted molar refractivity (Wildman–Crippen MR) is 356 cm³/mol. The highest BCUT2D eigenvalue weighted by Gasteiger charge is 2.20. The molecule has 0 aliphatic rings. The molecule has 0 aromatic rings. The minimum absolute atomic E-state index is 0.00195. The van der Waals surface area contributed by atoms with Gasteiger partial charge in [-0.3, -0.25) is 9.59 Å². The lowest BCUT2D eigenvalue weighted by Crippen LogP contribution is -2.45. The number of aliphatic hydroxyl groups is 2. The summed E-state index contributed by atoms with van der Waals surface area (Å²) in [5.41, 5.74) is 0. The Morgan fingerprint density at radius 1 is 0.346 bits per heavy atom. The topological polar surface area (TPSA) is 95.9 Å². The third kappa shape index (κ3) is 67.1. The number of carbonyl (C=O) groups is 2. The lowest BCUT2D eigenvalue weighted by atomic mass is 10.0. The third-order valence-electron chi connectivity index (χ3n) is 17.2. The molecule has 0 aromatic heterocycles. The van der Waals surface area contributed by atoms with Crippen molar-refractivity contribution in [3.8, 4) is 0 Å². The molecular formula is C75H143NO5. The third-order valence-corrected chi connectivity index (χ3v) is 17.2. The minimum Gasteiger partial charge on any atom is -0.466 e. The Kier molecular flexibility index (Phi) is 68.9. The van der Waals surface area contributed by atoms with Crippen LogP contribution in [0, 0.1) is 0 Å². The van der Waals surface area contributed by atoms with E-state index in [0.29, 0.717) is 25.9 Å². The fraction of sp³-hybridized carbons (Fsp3) is 0.893. The Hall–Kier alpha value is -1.92. The number of nitrogens with one attached hydrogen (secondary N) is 1. The molecule has 0 aliphatic heterocycles. The van der Waals surface area contributed by atoms with Crippen molar-refractivity contribution in [1.29, 1.82) is 0 Å². The molecule has 0 spiro atoms. The van der Waals surface area contributed by atoms with Crippen molar-refractivity contribution >= 4 is 11.9 Å². The van der Waals surface area contributed by atoms with E-state index in [2.05, 4.69) is 55.6 Å². The van der Waals surface area contributed by atoms with Crippen LogP contribution in [-0.2, 0) is 14.3 Å². The van der Waals surface area contributed by atoms with E-state index in [1.807, 2.05) is 0 Å². The average molecular weight is 1140 g/mol. The second-order valence-electron chi connectivity index (χ2n) is 25.3. The summed E-state index contributed by atoms with van der Waals surface area (Å²) in [5.74, 6) is -0.0317. The van der Waals surface area contributed by atoms with E-state index in [1.165, 1.54) is 321 Å². The van der Waals surface area contributed by atoms with Gasteiger partial charge in [-0.2, -0.15) is 0 Å². The second kappa shape index (κ2) is 70.6. The number of aliphatic hydroxyl groups excluding tert-OH is 2. The number of esters is 1. The Morgan fingerprint density at radius 3 is 0.963 bits per heavy atom. The first-order valence-electron chi connectivity index (χ1n) is 36.7. The molecule has 0 saturated carbocycles. The largest absolute Gasteiger partial charge is 0.466 e. The van der Waals surface area contributed by atoms with Crippen molar-refractivity contribution in [3.63, 3.8) is 0 Å². The molecule has 0 heterocycles. The van der Waals surface area contributed by atoms with Crippen LogP contribution in [-0.4, -0.2) is 47.4 Å². The summed E-state index contributed by atoms with van der Waals surface area (Å²) >= 11 is 0. The number of unbranched alkanes of at least 4 members (excludes halogenated alkanes) is 52. The lowest BCUT2D eigenvalue weighted by Gasteiger charge is -2.22. The monoisotopic (exact) mass is 1140 g/mol. The van der Waals surface area contributed by atoms with Crippen LogP contribution in [0.25, 0.3) is 0 Å². The molecule has 1 amide bonds. The van der Waals surface area contributed by atoms with Crippen molar-refractivity contribution < 1.29 is 24.5 Å². The summed E-state index contributed by atoms with van der Waals surface area (Å²) < 4.78 is 5.48. The molecule has 2 unspecified atom stereocenters. The number of ether oxygens (including phenoxy) is 1. The standard InChI is InChI=1S/C75H143NO5/c1-3-5-7-9-11-13-15-17-18-19-20-21-22-28-31-34-37-40-44-47-51-55-59-63-67-73(78)72(71-77)76-74(79)68-64-60-56-52-48-45-41-38-35-32-29-26-24-23-25-27-30-33-36-39-42-46-50-54-58-62-66-70-81-75(80)69-65-61-57-53-49-43-16-14-12-10-8-6-4-2/h14,16,23-24,27,30,72-73,77-78H,3-13,15,17-22,25-26,28-29,31-71H2,1-2H3,(H,76,79)/b16-14-,24-23-,30-27-. The fourth-order valence-corrected chi connectivity index (χ4v) is 11.6. The highest BCUT2D eigenvalue weighted by Crippen LogP contribution is 2.19. The summed E-state index contributed by atoms with van der Waals surface area (Å²) in [7, 11) is 0. The lowest BCUT2D eigenvalue weighted by molar-refractivity contribution is -0.143. The summed E-state index contributed by atoms with van der Waals surface area (Å²) in [6.45, 7) is 4.97. The summed E-state index contributed by atoms with van der Waals surface area (Å²) in [5, 5.41) is 23.5. The molecule has 81 heavy (non-hydrogen) atoms. The second-order valence-corrected chi connectivity index (χ2v) is 25.3. The number of hydrogen-bond donors (Lipinski definition) is 3. The average Bonchev–Trinajstić information content (AvgIpc) is 3.47. The van der Waals surface area contributed by atoms with Crippen LogP contribution >= 0.6 is 0 Å². The van der Waals surface area contributed by atoms with Gasteiger partial charge in [0.05, 0.1) is 25.4 Å². The van der Waals surface area contributed by atoms with Gasteiger partial charge in [-0.25, -0.2) is 0 Å². The molecule has 6 heteroatoms. The van der Waals surface area contributed by atoms with Crippen molar-refractivity contribution in [1.82, 2.24) is 5.32 Å². The van der Waals surface area contributed by atoms with Gasteiger partial charge < -0.3 is 20.3 Å². The molecule has 0 saturated heterocycles. The van der Waals surface area contributed by atoms with E-state index in [-0.39, 0.29) is 18.5 Å². The summed E-state index contributed by atoms with van der Waals surface area (Å²) in [4.78, 5) is 24.6. The van der Waals surface area contributed by atoms with Crippen LogP contribution < -0.4 is 5.32 Å². The Bertz CT molecular complexity index is 1310. The molecule has 478 valence electrons. The Morgan fingerprint density at radius 2 is 0.617 bits per heavy atom. The van der Waals surface area contributed by atoms with E-state index >= 15 is 0 Å². The maximum Gasteiger partial charge on any atom is 0.305 e. The van der Waals surface area contributed by atoms with Crippen LogP contribution in [0.15, 0.2) is 36.5 Å². The van der Waals surface area contributed by atoms with Crippen LogP contribution in [0.5, 0.6) is 0 Å². The molecule has 0 rings (SSSR count). The minimum atomic E-state index is -0.668. The molecule has 0 aliphatic carbocycles. The zero-order valence-electron chi connectivity index (χ0n) is 54.8. The van der Waals surface area contributed by atoms with Crippen molar-refractivity contribution in [3.05, 3.63) is 36.5 Å². The Labute approximate surface area is 506 Å². The van der Waals surface area contributed by atoms with Gasteiger partial charge in [-0.05, 0) is 83.5 Å².